The van der Waals surface area contributed by atoms with Crippen LogP contribution < -0.4 is 20.1 Å². The van der Waals surface area contributed by atoms with Crippen molar-refractivity contribution in [2.75, 3.05) is 39.3 Å². The highest BCUT2D eigenvalue weighted by atomic mass is 35.5. The van der Waals surface area contributed by atoms with Crippen molar-refractivity contribution in [3.8, 4) is 11.5 Å². The standard InChI is InChI=1S/C12H19ClN2O3/c1-15(7-8(16)6-14)10-5-11(17-2)9(13)4-12(10)18-3/h4-5,8,16H,6-7,14H2,1-3H3. The van der Waals surface area contributed by atoms with E-state index in [2.05, 4.69) is 0 Å². The molecule has 1 atom stereocenters. The van der Waals surface area contributed by atoms with Crippen LogP contribution in [-0.4, -0.2) is 45.6 Å². The fourth-order valence-corrected chi connectivity index (χ4v) is 1.86. The lowest BCUT2D eigenvalue weighted by atomic mass is 10.2. The van der Waals surface area contributed by atoms with Gasteiger partial charge in [0.1, 0.15) is 11.5 Å². The van der Waals surface area contributed by atoms with Crippen molar-refractivity contribution in [3.05, 3.63) is 17.2 Å². The van der Waals surface area contributed by atoms with Gasteiger partial charge in [-0.1, -0.05) is 11.6 Å². The van der Waals surface area contributed by atoms with Crippen LogP contribution in [0.25, 0.3) is 0 Å². The number of hydrogen-bond acceptors (Lipinski definition) is 5. The summed E-state index contributed by atoms with van der Waals surface area (Å²) in [5.41, 5.74) is 6.18. The summed E-state index contributed by atoms with van der Waals surface area (Å²) >= 11 is 6.03. The maximum atomic E-state index is 9.57. The number of anilines is 1. The van der Waals surface area contributed by atoms with Crippen LogP contribution in [0.3, 0.4) is 0 Å². The maximum Gasteiger partial charge on any atom is 0.143 e. The Kier molecular flexibility index (Phi) is 5.53. The van der Waals surface area contributed by atoms with E-state index in [9.17, 15) is 5.11 Å². The van der Waals surface area contributed by atoms with Crippen LogP contribution in [-0.2, 0) is 0 Å². The molecule has 0 heterocycles. The van der Waals surface area contributed by atoms with E-state index >= 15 is 0 Å². The van der Waals surface area contributed by atoms with E-state index in [1.807, 2.05) is 11.9 Å². The normalized spacial score (nSPS) is 12.1. The maximum absolute atomic E-state index is 9.57. The van der Waals surface area contributed by atoms with Crippen molar-refractivity contribution in [3.63, 3.8) is 0 Å². The van der Waals surface area contributed by atoms with Crippen LogP contribution in [0.2, 0.25) is 5.02 Å². The zero-order valence-corrected chi connectivity index (χ0v) is 11.6. The molecule has 0 amide bonds. The molecule has 5 nitrogen and oxygen atoms in total. The molecular formula is C12H19ClN2O3. The first kappa shape index (κ1) is 14.9. The highest BCUT2D eigenvalue weighted by Gasteiger charge is 2.15. The smallest absolute Gasteiger partial charge is 0.143 e. The fraction of sp³-hybridized carbons (Fsp3) is 0.500. The van der Waals surface area contributed by atoms with Crippen molar-refractivity contribution in [2.45, 2.75) is 6.10 Å². The average Bonchev–Trinajstić information content (AvgIpc) is 2.37. The topological polar surface area (TPSA) is 68.0 Å². The fourth-order valence-electron chi connectivity index (χ4n) is 1.63. The molecule has 18 heavy (non-hydrogen) atoms. The summed E-state index contributed by atoms with van der Waals surface area (Å²) in [6.45, 7) is 0.606. The number of rotatable bonds is 6. The van der Waals surface area contributed by atoms with Gasteiger partial charge in [-0.3, -0.25) is 0 Å². The zero-order chi connectivity index (χ0) is 13.7. The summed E-state index contributed by atoms with van der Waals surface area (Å²) in [6, 6.07) is 3.45. The number of aliphatic hydroxyl groups excluding tert-OH is 1. The number of nitrogens with two attached hydrogens (primary N) is 1. The van der Waals surface area contributed by atoms with Crippen molar-refractivity contribution < 1.29 is 14.6 Å². The minimum absolute atomic E-state index is 0.206. The summed E-state index contributed by atoms with van der Waals surface area (Å²) in [4.78, 5) is 1.84. The number of hydrogen-bond donors (Lipinski definition) is 2. The van der Waals surface area contributed by atoms with Gasteiger partial charge in [0, 0.05) is 32.3 Å². The SMILES string of the molecule is COc1cc(N(C)CC(O)CN)c(OC)cc1Cl. The minimum atomic E-state index is -0.596. The number of nitrogens with zero attached hydrogens (tertiary/aromatic N) is 1. The number of methoxy groups -OCH3 is 2. The van der Waals surface area contributed by atoms with Crippen molar-refractivity contribution in [1.29, 1.82) is 0 Å². The Morgan fingerprint density at radius 1 is 1.33 bits per heavy atom. The predicted octanol–water partition coefficient (Wildman–Crippen LogP) is 1.11. The Morgan fingerprint density at radius 3 is 2.44 bits per heavy atom. The van der Waals surface area contributed by atoms with Crippen molar-refractivity contribution in [2.24, 2.45) is 5.73 Å². The van der Waals surface area contributed by atoms with Crippen LogP contribution in [0.4, 0.5) is 5.69 Å². The van der Waals surface area contributed by atoms with E-state index < -0.39 is 6.10 Å². The first-order valence-electron chi connectivity index (χ1n) is 5.54. The number of benzene rings is 1. The molecule has 0 saturated heterocycles. The van der Waals surface area contributed by atoms with Crippen LogP contribution in [0.15, 0.2) is 12.1 Å². The van der Waals surface area contributed by atoms with Gasteiger partial charge in [-0.15, -0.1) is 0 Å². The van der Waals surface area contributed by atoms with Gasteiger partial charge in [-0.25, -0.2) is 0 Å². The van der Waals surface area contributed by atoms with Crippen molar-refractivity contribution in [1.82, 2.24) is 0 Å². The second-order valence-corrected chi connectivity index (χ2v) is 4.34. The highest BCUT2D eigenvalue weighted by Crippen LogP contribution is 2.37. The Hall–Kier alpha value is -1.17. The third kappa shape index (κ3) is 3.41. The average molecular weight is 275 g/mol. The molecule has 0 aliphatic rings. The second-order valence-electron chi connectivity index (χ2n) is 3.93. The van der Waals surface area contributed by atoms with Gasteiger partial charge < -0.3 is 25.2 Å². The molecule has 0 spiro atoms. The van der Waals surface area contributed by atoms with Gasteiger partial charge in [-0.2, -0.15) is 0 Å². The second kappa shape index (κ2) is 6.68. The van der Waals surface area contributed by atoms with Crippen LogP contribution >= 0.6 is 11.6 Å². The Balaban J connectivity index is 3.05. The lowest BCUT2D eigenvalue weighted by Gasteiger charge is -2.24. The van der Waals surface area contributed by atoms with Crippen molar-refractivity contribution >= 4 is 17.3 Å². The molecule has 1 unspecified atom stereocenters. The van der Waals surface area contributed by atoms with Crippen LogP contribution in [0, 0.1) is 0 Å². The number of ether oxygens (including phenoxy) is 2. The first-order chi connectivity index (χ1) is 8.53. The van der Waals surface area contributed by atoms with Gasteiger partial charge in [0.15, 0.2) is 0 Å². The molecular weight excluding hydrogens is 256 g/mol. The van der Waals surface area contributed by atoms with Gasteiger partial charge in [0.25, 0.3) is 0 Å². The third-order valence-corrected chi connectivity index (χ3v) is 2.92. The molecule has 0 saturated carbocycles. The van der Waals surface area contributed by atoms with E-state index in [4.69, 9.17) is 26.8 Å². The summed E-state index contributed by atoms with van der Waals surface area (Å²) in [6.07, 6.45) is -0.596. The van der Waals surface area contributed by atoms with Crippen LogP contribution in [0.1, 0.15) is 0 Å². The summed E-state index contributed by atoms with van der Waals surface area (Å²) < 4.78 is 10.4. The summed E-state index contributed by atoms with van der Waals surface area (Å²) in [5.74, 6) is 1.18. The molecule has 1 aromatic rings. The predicted molar refractivity (Wildman–Crippen MR) is 72.9 cm³/mol. The molecule has 0 bridgehead atoms. The molecule has 6 heteroatoms. The largest absolute Gasteiger partial charge is 0.495 e. The zero-order valence-electron chi connectivity index (χ0n) is 10.8. The van der Waals surface area contributed by atoms with Gasteiger partial charge in [0.2, 0.25) is 0 Å². The van der Waals surface area contributed by atoms with E-state index in [-0.39, 0.29) is 6.54 Å². The molecule has 102 valence electrons. The van der Waals surface area contributed by atoms with E-state index in [1.54, 1.807) is 26.4 Å². The van der Waals surface area contributed by atoms with Gasteiger partial charge >= 0.3 is 0 Å². The van der Waals surface area contributed by atoms with E-state index in [0.29, 0.717) is 23.1 Å². The molecule has 1 rings (SSSR count). The lowest BCUT2D eigenvalue weighted by molar-refractivity contribution is 0.189. The minimum Gasteiger partial charge on any atom is -0.495 e. The highest BCUT2D eigenvalue weighted by molar-refractivity contribution is 6.32. The van der Waals surface area contributed by atoms with Gasteiger partial charge in [0.05, 0.1) is 31.0 Å². The monoisotopic (exact) mass is 274 g/mol. The Bertz CT molecular complexity index is 401. The molecule has 0 aliphatic carbocycles. The first-order valence-corrected chi connectivity index (χ1v) is 5.92. The number of halogens is 1. The van der Waals surface area contributed by atoms with Crippen LogP contribution in [0.5, 0.6) is 11.5 Å². The number of likely N-dealkylation sites (N-methyl/N-ethyl adjacent to an activating group) is 1. The molecule has 0 aromatic heterocycles. The molecule has 3 N–H and O–H groups in total. The van der Waals surface area contributed by atoms with E-state index in [1.165, 1.54) is 0 Å². The number of aliphatic hydroxyl groups is 1. The molecule has 0 fully saturated rings. The molecule has 0 aliphatic heterocycles. The summed E-state index contributed by atoms with van der Waals surface area (Å²) in [5, 5.41) is 10.0. The third-order valence-electron chi connectivity index (χ3n) is 2.62. The molecule has 0 radical (unpaired) electrons. The quantitative estimate of drug-likeness (QED) is 0.813. The lowest BCUT2D eigenvalue weighted by Crippen LogP contribution is -2.34. The van der Waals surface area contributed by atoms with Gasteiger partial charge in [-0.05, 0) is 0 Å². The Labute approximate surface area is 112 Å². The van der Waals surface area contributed by atoms with E-state index in [0.717, 1.165) is 5.69 Å². The Morgan fingerprint density at radius 2 is 1.94 bits per heavy atom. The summed E-state index contributed by atoms with van der Waals surface area (Å²) in [7, 11) is 4.95. The molecule has 1 aromatic carbocycles.